The molecule has 1 rings (SSSR count). The van der Waals surface area contributed by atoms with Crippen molar-refractivity contribution in [3.63, 3.8) is 0 Å². The van der Waals surface area contributed by atoms with Gasteiger partial charge in [0.1, 0.15) is 0 Å². The zero-order chi connectivity index (χ0) is 12.5. The van der Waals surface area contributed by atoms with E-state index in [-0.39, 0.29) is 30.8 Å². The van der Waals surface area contributed by atoms with E-state index in [1.165, 1.54) is 6.42 Å². The summed E-state index contributed by atoms with van der Waals surface area (Å²) in [5.41, 5.74) is 0. The number of hydrogen-bond acceptors (Lipinski definition) is 3. The Balaban J connectivity index is 0.00000289. The van der Waals surface area contributed by atoms with Crippen LogP contribution in [0.25, 0.3) is 0 Å². The molecule has 0 radical (unpaired) electrons. The summed E-state index contributed by atoms with van der Waals surface area (Å²) < 4.78 is 0. The Labute approximate surface area is 115 Å². The van der Waals surface area contributed by atoms with Gasteiger partial charge in [-0.2, -0.15) is 0 Å². The smallest absolute Gasteiger partial charge is 0.241 e. The Bertz CT molecular complexity index is 256. The van der Waals surface area contributed by atoms with Crippen molar-refractivity contribution in [3.05, 3.63) is 0 Å². The van der Waals surface area contributed by atoms with E-state index in [0.29, 0.717) is 6.42 Å². The standard InChI is InChI=1S/C12H23N3O2.ClH/c1-13-7-5-6-11(16)14-10-12(17)15-8-3-2-4-9-15;/h13H,2-10H2,1H3,(H,14,16);1H. The number of halogens is 1. The van der Waals surface area contributed by atoms with Crippen molar-refractivity contribution >= 4 is 24.2 Å². The monoisotopic (exact) mass is 277 g/mol. The molecule has 1 saturated heterocycles. The number of amides is 2. The van der Waals surface area contributed by atoms with Gasteiger partial charge in [-0.25, -0.2) is 0 Å². The van der Waals surface area contributed by atoms with Gasteiger partial charge < -0.3 is 15.5 Å². The van der Waals surface area contributed by atoms with Gasteiger partial charge >= 0.3 is 0 Å². The summed E-state index contributed by atoms with van der Waals surface area (Å²) in [4.78, 5) is 25.0. The molecule has 0 unspecified atom stereocenters. The van der Waals surface area contributed by atoms with Gasteiger partial charge in [0.05, 0.1) is 6.54 Å². The lowest BCUT2D eigenvalue weighted by Crippen LogP contribution is -2.42. The van der Waals surface area contributed by atoms with Crippen molar-refractivity contribution in [1.29, 1.82) is 0 Å². The lowest BCUT2D eigenvalue weighted by Gasteiger charge is -2.26. The van der Waals surface area contributed by atoms with Crippen molar-refractivity contribution in [2.24, 2.45) is 0 Å². The van der Waals surface area contributed by atoms with Crippen molar-refractivity contribution in [2.75, 3.05) is 33.2 Å². The van der Waals surface area contributed by atoms with E-state index in [1.54, 1.807) is 0 Å². The summed E-state index contributed by atoms with van der Waals surface area (Å²) in [6.45, 7) is 2.66. The zero-order valence-corrected chi connectivity index (χ0v) is 11.9. The molecule has 6 heteroatoms. The van der Waals surface area contributed by atoms with Crippen LogP contribution in [0.2, 0.25) is 0 Å². The molecule has 0 aromatic heterocycles. The number of nitrogens with one attached hydrogen (secondary N) is 2. The predicted octanol–water partition coefficient (Wildman–Crippen LogP) is 0.536. The van der Waals surface area contributed by atoms with Crippen LogP contribution in [0.1, 0.15) is 32.1 Å². The molecule has 0 bridgehead atoms. The number of hydrogen-bond donors (Lipinski definition) is 2. The molecule has 1 aliphatic heterocycles. The Morgan fingerprint density at radius 1 is 1.17 bits per heavy atom. The molecular formula is C12H24ClN3O2. The number of nitrogens with zero attached hydrogens (tertiary/aromatic N) is 1. The van der Waals surface area contributed by atoms with Crippen LogP contribution in [0.3, 0.4) is 0 Å². The van der Waals surface area contributed by atoms with Gasteiger partial charge in [-0.3, -0.25) is 9.59 Å². The van der Waals surface area contributed by atoms with Gasteiger partial charge in [-0.15, -0.1) is 12.4 Å². The lowest BCUT2D eigenvalue weighted by atomic mass is 10.1. The highest BCUT2D eigenvalue weighted by atomic mass is 35.5. The molecule has 106 valence electrons. The molecule has 18 heavy (non-hydrogen) atoms. The Morgan fingerprint density at radius 2 is 1.83 bits per heavy atom. The van der Waals surface area contributed by atoms with E-state index in [1.807, 2.05) is 11.9 Å². The van der Waals surface area contributed by atoms with E-state index in [9.17, 15) is 9.59 Å². The third kappa shape index (κ3) is 6.81. The highest BCUT2D eigenvalue weighted by Gasteiger charge is 2.16. The molecule has 0 aromatic carbocycles. The molecule has 0 aliphatic carbocycles. The van der Waals surface area contributed by atoms with Crippen LogP contribution in [0, 0.1) is 0 Å². The maximum Gasteiger partial charge on any atom is 0.241 e. The summed E-state index contributed by atoms with van der Waals surface area (Å²) in [5.74, 6) is 0.0114. The molecule has 5 nitrogen and oxygen atoms in total. The van der Waals surface area contributed by atoms with Crippen LogP contribution in [0.4, 0.5) is 0 Å². The van der Waals surface area contributed by atoms with Gasteiger partial charge in [0.2, 0.25) is 11.8 Å². The van der Waals surface area contributed by atoms with Gasteiger partial charge in [-0.05, 0) is 39.3 Å². The first-order valence-electron chi connectivity index (χ1n) is 6.43. The maximum absolute atomic E-state index is 11.7. The summed E-state index contributed by atoms with van der Waals surface area (Å²) in [7, 11) is 1.86. The second-order valence-electron chi connectivity index (χ2n) is 4.43. The van der Waals surface area contributed by atoms with Gasteiger partial charge in [0.25, 0.3) is 0 Å². The Hall–Kier alpha value is -0.810. The Morgan fingerprint density at radius 3 is 2.44 bits per heavy atom. The molecule has 2 N–H and O–H groups in total. The fourth-order valence-electron chi connectivity index (χ4n) is 1.94. The Kier molecular flexibility index (Phi) is 9.69. The number of piperidine rings is 1. The van der Waals surface area contributed by atoms with E-state index in [2.05, 4.69) is 10.6 Å². The van der Waals surface area contributed by atoms with Gasteiger partial charge in [-0.1, -0.05) is 0 Å². The molecule has 1 aliphatic rings. The third-order valence-electron chi connectivity index (χ3n) is 2.98. The van der Waals surface area contributed by atoms with Crippen LogP contribution >= 0.6 is 12.4 Å². The largest absolute Gasteiger partial charge is 0.347 e. The molecule has 0 spiro atoms. The number of likely N-dealkylation sites (tertiary alicyclic amines) is 1. The van der Waals surface area contributed by atoms with Crippen molar-refractivity contribution in [1.82, 2.24) is 15.5 Å². The van der Waals surface area contributed by atoms with E-state index in [4.69, 9.17) is 0 Å². The molecular weight excluding hydrogens is 254 g/mol. The van der Waals surface area contributed by atoms with Gasteiger partial charge in [0.15, 0.2) is 0 Å². The summed E-state index contributed by atoms with van der Waals surface area (Å²) >= 11 is 0. The molecule has 1 heterocycles. The van der Waals surface area contributed by atoms with Gasteiger partial charge in [0, 0.05) is 19.5 Å². The first-order valence-corrected chi connectivity index (χ1v) is 6.43. The number of carbonyl (C=O) groups excluding carboxylic acids is 2. The normalized spacial score (nSPS) is 14.8. The molecule has 1 fully saturated rings. The van der Waals surface area contributed by atoms with E-state index in [0.717, 1.165) is 38.9 Å². The summed E-state index contributed by atoms with van der Waals surface area (Å²) in [6, 6.07) is 0. The molecule has 0 aromatic rings. The fourth-order valence-corrected chi connectivity index (χ4v) is 1.94. The first kappa shape index (κ1) is 17.2. The summed E-state index contributed by atoms with van der Waals surface area (Å²) in [5, 5.41) is 5.67. The lowest BCUT2D eigenvalue weighted by molar-refractivity contribution is -0.133. The molecule has 0 atom stereocenters. The van der Waals surface area contributed by atoms with Crippen LogP contribution in [-0.2, 0) is 9.59 Å². The third-order valence-corrected chi connectivity index (χ3v) is 2.98. The predicted molar refractivity (Wildman–Crippen MR) is 73.8 cm³/mol. The maximum atomic E-state index is 11.7. The highest BCUT2D eigenvalue weighted by Crippen LogP contribution is 2.08. The zero-order valence-electron chi connectivity index (χ0n) is 11.0. The minimum Gasteiger partial charge on any atom is -0.347 e. The average molecular weight is 278 g/mol. The first-order chi connectivity index (χ1) is 8.24. The topological polar surface area (TPSA) is 61.4 Å². The molecule has 2 amide bonds. The van der Waals surface area contributed by atoms with Crippen LogP contribution in [0.5, 0.6) is 0 Å². The van der Waals surface area contributed by atoms with Crippen molar-refractivity contribution in [3.8, 4) is 0 Å². The number of carbonyl (C=O) groups is 2. The number of rotatable bonds is 6. The quantitative estimate of drug-likeness (QED) is 0.697. The average Bonchev–Trinajstić information content (AvgIpc) is 2.37. The minimum absolute atomic E-state index is 0. The fraction of sp³-hybridized carbons (Fsp3) is 0.833. The van der Waals surface area contributed by atoms with Crippen molar-refractivity contribution < 1.29 is 9.59 Å². The van der Waals surface area contributed by atoms with Crippen molar-refractivity contribution in [2.45, 2.75) is 32.1 Å². The van der Waals surface area contributed by atoms with Crippen LogP contribution in [-0.4, -0.2) is 49.9 Å². The van der Waals surface area contributed by atoms with Crippen LogP contribution in [0.15, 0.2) is 0 Å². The molecule has 0 saturated carbocycles. The van der Waals surface area contributed by atoms with E-state index >= 15 is 0 Å². The minimum atomic E-state index is -0.0365. The highest BCUT2D eigenvalue weighted by molar-refractivity contribution is 5.85. The summed E-state index contributed by atoms with van der Waals surface area (Å²) in [6.07, 6.45) is 4.66. The second-order valence-corrected chi connectivity index (χ2v) is 4.43. The van der Waals surface area contributed by atoms with Crippen LogP contribution < -0.4 is 10.6 Å². The second kappa shape index (κ2) is 10.1. The van der Waals surface area contributed by atoms with E-state index < -0.39 is 0 Å². The SMILES string of the molecule is CNCCCC(=O)NCC(=O)N1CCCCC1.Cl.